The molecule has 1 heteroatoms. The zero-order valence-corrected chi connectivity index (χ0v) is 12.7. The van der Waals surface area contributed by atoms with Crippen molar-refractivity contribution in [3.8, 4) is 0 Å². The normalized spacial score (nSPS) is 22.8. The van der Waals surface area contributed by atoms with E-state index in [-0.39, 0.29) is 6.04 Å². The maximum Gasteiger partial charge on any atom is 0.0118 e. The van der Waals surface area contributed by atoms with Crippen molar-refractivity contribution < 1.29 is 0 Å². The van der Waals surface area contributed by atoms with Gasteiger partial charge in [-0.2, -0.15) is 0 Å². The Labute approximate surface area is 112 Å². The fourth-order valence-corrected chi connectivity index (χ4v) is 3.89. The summed E-state index contributed by atoms with van der Waals surface area (Å²) in [6, 6.07) is 7.04. The molecule has 0 aromatic heterocycles. The summed E-state index contributed by atoms with van der Waals surface area (Å²) in [5, 5.41) is 0. The van der Waals surface area contributed by atoms with Crippen molar-refractivity contribution in [3.05, 3.63) is 34.9 Å². The van der Waals surface area contributed by atoms with E-state index in [1.165, 1.54) is 16.7 Å². The third kappa shape index (κ3) is 2.09. The van der Waals surface area contributed by atoms with Crippen LogP contribution in [0.5, 0.6) is 0 Å². The molecule has 0 amide bonds. The van der Waals surface area contributed by atoms with Gasteiger partial charge in [-0.15, -0.1) is 0 Å². The van der Waals surface area contributed by atoms with E-state index in [1.54, 1.807) is 0 Å². The van der Waals surface area contributed by atoms with Crippen LogP contribution in [0.25, 0.3) is 0 Å². The van der Waals surface area contributed by atoms with E-state index in [2.05, 4.69) is 59.7 Å². The second-order valence-electron chi connectivity index (χ2n) is 7.28. The van der Waals surface area contributed by atoms with Crippen LogP contribution >= 0.6 is 0 Å². The Hall–Kier alpha value is -0.820. The summed E-state index contributed by atoms with van der Waals surface area (Å²) < 4.78 is 0. The topological polar surface area (TPSA) is 26.0 Å². The first kappa shape index (κ1) is 13.6. The third-order valence-electron chi connectivity index (χ3n) is 5.31. The molecule has 0 bridgehead atoms. The van der Waals surface area contributed by atoms with Gasteiger partial charge in [-0.05, 0) is 42.6 Å². The van der Waals surface area contributed by atoms with Crippen LogP contribution in [0.2, 0.25) is 0 Å². The van der Waals surface area contributed by atoms with Crippen molar-refractivity contribution in [2.75, 3.05) is 0 Å². The highest BCUT2D eigenvalue weighted by Gasteiger charge is 2.66. The monoisotopic (exact) mass is 245 g/mol. The average Bonchev–Trinajstić information content (AvgIpc) is 2.54. The van der Waals surface area contributed by atoms with Crippen molar-refractivity contribution in [3.63, 3.8) is 0 Å². The lowest BCUT2D eigenvalue weighted by Gasteiger charge is -2.15. The number of hydrogen-bond acceptors (Lipinski definition) is 1. The van der Waals surface area contributed by atoms with Crippen LogP contribution in [0.1, 0.15) is 44.4 Å². The fourth-order valence-electron chi connectivity index (χ4n) is 3.89. The van der Waals surface area contributed by atoms with Crippen molar-refractivity contribution in [2.24, 2.45) is 22.5 Å². The van der Waals surface area contributed by atoms with Gasteiger partial charge in [0.25, 0.3) is 0 Å². The van der Waals surface area contributed by atoms with Gasteiger partial charge in [0, 0.05) is 6.04 Å². The number of hydrogen-bond donors (Lipinski definition) is 1. The number of benzene rings is 1. The van der Waals surface area contributed by atoms with Gasteiger partial charge in [0.2, 0.25) is 0 Å². The van der Waals surface area contributed by atoms with Crippen LogP contribution < -0.4 is 5.73 Å². The summed E-state index contributed by atoms with van der Waals surface area (Å²) in [6.07, 6.45) is 1.00. The first-order chi connectivity index (χ1) is 8.16. The molecule has 1 aliphatic carbocycles. The van der Waals surface area contributed by atoms with Gasteiger partial charge in [0.05, 0.1) is 0 Å². The summed E-state index contributed by atoms with van der Waals surface area (Å²) in [5.41, 5.74) is 11.3. The Balaban J connectivity index is 2.11. The molecule has 1 atom stereocenters. The van der Waals surface area contributed by atoms with E-state index in [0.29, 0.717) is 16.7 Å². The fraction of sp³-hybridized carbons (Fsp3) is 0.647. The Morgan fingerprint density at radius 2 is 1.44 bits per heavy atom. The molecule has 1 saturated carbocycles. The summed E-state index contributed by atoms with van der Waals surface area (Å²) in [4.78, 5) is 0. The maximum absolute atomic E-state index is 6.46. The van der Waals surface area contributed by atoms with E-state index in [1.807, 2.05) is 0 Å². The zero-order chi connectivity index (χ0) is 13.7. The highest BCUT2D eigenvalue weighted by Crippen LogP contribution is 2.69. The van der Waals surface area contributed by atoms with Crippen LogP contribution in [-0.2, 0) is 6.42 Å². The van der Waals surface area contributed by atoms with E-state index >= 15 is 0 Å². The van der Waals surface area contributed by atoms with E-state index < -0.39 is 0 Å². The minimum atomic E-state index is 0.274. The molecule has 1 aliphatic rings. The lowest BCUT2D eigenvalue weighted by atomic mass is 9.96. The SMILES string of the molecule is Cc1cc(C)cc(CC(N)C2C(C)(C)C2(C)C)c1. The molecule has 2 N–H and O–H groups in total. The van der Waals surface area contributed by atoms with Gasteiger partial charge >= 0.3 is 0 Å². The van der Waals surface area contributed by atoms with Gasteiger partial charge in [-0.1, -0.05) is 57.0 Å². The molecule has 1 aromatic rings. The van der Waals surface area contributed by atoms with Crippen LogP contribution in [0.15, 0.2) is 18.2 Å². The predicted octanol–water partition coefficient (Wildman–Crippen LogP) is 3.86. The minimum absolute atomic E-state index is 0.274. The highest BCUT2D eigenvalue weighted by atomic mass is 14.8. The van der Waals surface area contributed by atoms with Gasteiger partial charge < -0.3 is 5.73 Å². The number of rotatable bonds is 3. The molecular formula is C17H27N. The van der Waals surface area contributed by atoms with Gasteiger partial charge in [-0.3, -0.25) is 0 Å². The first-order valence-electron chi connectivity index (χ1n) is 6.99. The standard InChI is InChI=1S/C17H27N/c1-11-7-12(2)9-13(8-11)10-14(18)15-16(3,4)17(15,5)6/h7-9,14-15H,10,18H2,1-6H3. The van der Waals surface area contributed by atoms with Crippen molar-refractivity contribution in [1.82, 2.24) is 0 Å². The first-order valence-corrected chi connectivity index (χ1v) is 6.99. The molecule has 0 aliphatic heterocycles. The van der Waals surface area contributed by atoms with Crippen molar-refractivity contribution >= 4 is 0 Å². The molecule has 0 spiro atoms. The van der Waals surface area contributed by atoms with Crippen molar-refractivity contribution in [2.45, 2.75) is 54.0 Å². The van der Waals surface area contributed by atoms with Crippen molar-refractivity contribution in [1.29, 1.82) is 0 Å². The quantitative estimate of drug-likeness (QED) is 0.860. The summed E-state index contributed by atoms with van der Waals surface area (Å²) in [6.45, 7) is 13.7. The summed E-state index contributed by atoms with van der Waals surface area (Å²) in [7, 11) is 0. The molecule has 0 saturated heterocycles. The minimum Gasteiger partial charge on any atom is -0.327 e. The molecule has 1 aromatic carbocycles. The van der Waals surface area contributed by atoms with E-state index in [9.17, 15) is 0 Å². The van der Waals surface area contributed by atoms with Crippen LogP contribution in [-0.4, -0.2) is 6.04 Å². The highest BCUT2D eigenvalue weighted by molar-refractivity contribution is 5.30. The summed E-state index contributed by atoms with van der Waals surface area (Å²) >= 11 is 0. The lowest BCUT2D eigenvalue weighted by Crippen LogP contribution is -2.28. The van der Waals surface area contributed by atoms with Crippen LogP contribution in [0.3, 0.4) is 0 Å². The predicted molar refractivity (Wildman–Crippen MR) is 78.6 cm³/mol. The molecule has 0 heterocycles. The molecule has 18 heavy (non-hydrogen) atoms. The zero-order valence-electron chi connectivity index (χ0n) is 12.7. The molecule has 1 unspecified atom stereocenters. The Bertz CT molecular complexity index is 422. The second-order valence-corrected chi connectivity index (χ2v) is 7.28. The molecule has 1 fully saturated rings. The molecule has 100 valence electrons. The Morgan fingerprint density at radius 1 is 1.00 bits per heavy atom. The van der Waals surface area contributed by atoms with Gasteiger partial charge in [-0.25, -0.2) is 0 Å². The molecular weight excluding hydrogens is 218 g/mol. The Morgan fingerprint density at radius 3 is 1.83 bits per heavy atom. The lowest BCUT2D eigenvalue weighted by molar-refractivity contribution is 0.457. The molecule has 1 nitrogen and oxygen atoms in total. The number of aryl methyl sites for hydroxylation is 2. The van der Waals surface area contributed by atoms with Gasteiger partial charge in [0.15, 0.2) is 0 Å². The molecule has 2 rings (SSSR count). The largest absolute Gasteiger partial charge is 0.327 e. The second kappa shape index (κ2) is 4.09. The maximum atomic E-state index is 6.46. The van der Waals surface area contributed by atoms with Gasteiger partial charge in [0.1, 0.15) is 0 Å². The number of nitrogens with two attached hydrogens (primary N) is 1. The van der Waals surface area contributed by atoms with E-state index in [4.69, 9.17) is 5.73 Å². The van der Waals surface area contributed by atoms with E-state index in [0.717, 1.165) is 6.42 Å². The summed E-state index contributed by atoms with van der Waals surface area (Å²) in [5.74, 6) is 0.630. The van der Waals surface area contributed by atoms with Crippen LogP contribution in [0.4, 0.5) is 0 Å². The molecule has 0 radical (unpaired) electrons. The Kier molecular flexibility index (Phi) is 3.09. The smallest absolute Gasteiger partial charge is 0.0118 e. The average molecular weight is 245 g/mol. The van der Waals surface area contributed by atoms with Crippen LogP contribution in [0, 0.1) is 30.6 Å². The third-order valence-corrected chi connectivity index (χ3v) is 5.31.